The van der Waals surface area contributed by atoms with Gasteiger partial charge in [0.05, 0.1) is 0 Å². The summed E-state index contributed by atoms with van der Waals surface area (Å²) < 4.78 is 5.22. The largest absolute Gasteiger partial charge is 0.463 e. The zero-order valence-corrected chi connectivity index (χ0v) is 11.4. The Morgan fingerprint density at radius 2 is 1.75 bits per heavy atom. The van der Waals surface area contributed by atoms with E-state index in [0.717, 1.165) is 6.42 Å². The summed E-state index contributed by atoms with van der Waals surface area (Å²) in [5, 5.41) is 6.01. The van der Waals surface area contributed by atoms with Gasteiger partial charge in [0.15, 0.2) is 0 Å². The highest BCUT2D eigenvalue weighted by atomic mass is 16.5. The molecule has 0 aromatic carbocycles. The summed E-state index contributed by atoms with van der Waals surface area (Å²) in [5.74, 6) is -0.180. The van der Waals surface area contributed by atoms with Crippen molar-refractivity contribution in [1.29, 1.82) is 0 Å². The Hall–Kier alpha value is -0.610. The third-order valence-corrected chi connectivity index (χ3v) is 2.47. The average Bonchev–Trinajstić information content (AvgIpc) is 2.15. The molecule has 0 saturated carbocycles. The molecular weight excluding hydrogens is 204 g/mol. The number of carbonyl (C=O) groups excluding carboxylic acids is 1. The Bertz CT molecular complexity index is 224. The second-order valence-electron chi connectivity index (χ2n) is 5.56. The van der Waals surface area contributed by atoms with Crippen LogP contribution in [0.1, 0.15) is 34.1 Å². The van der Waals surface area contributed by atoms with Gasteiger partial charge in [0.2, 0.25) is 0 Å². The fourth-order valence-corrected chi connectivity index (χ4v) is 1.73. The van der Waals surface area contributed by atoms with Gasteiger partial charge in [-0.15, -0.1) is 0 Å². The number of carbonyl (C=O) groups is 1. The third kappa shape index (κ3) is 5.47. The van der Waals surface area contributed by atoms with Gasteiger partial charge in [0.25, 0.3) is 0 Å². The Kier molecular flexibility index (Phi) is 5.97. The molecule has 0 fully saturated rings. The van der Waals surface area contributed by atoms with Crippen LogP contribution in [0.25, 0.3) is 0 Å². The van der Waals surface area contributed by atoms with Crippen LogP contribution >= 0.6 is 0 Å². The molecule has 4 heteroatoms. The van der Waals surface area contributed by atoms with Crippen LogP contribution < -0.4 is 10.6 Å². The fourth-order valence-electron chi connectivity index (χ4n) is 1.73. The van der Waals surface area contributed by atoms with Crippen LogP contribution in [-0.4, -0.2) is 38.8 Å². The van der Waals surface area contributed by atoms with E-state index in [4.69, 9.17) is 4.74 Å². The number of rotatable bonds is 6. The van der Waals surface area contributed by atoms with Crippen molar-refractivity contribution in [2.24, 2.45) is 5.41 Å². The molecule has 0 aromatic heterocycles. The van der Waals surface area contributed by atoms with E-state index in [1.165, 1.54) is 0 Å². The van der Waals surface area contributed by atoms with Crippen LogP contribution in [-0.2, 0) is 9.53 Å². The molecule has 0 spiro atoms. The Labute approximate surface area is 99.1 Å². The highest BCUT2D eigenvalue weighted by Gasteiger charge is 2.36. The summed E-state index contributed by atoms with van der Waals surface area (Å²) in [7, 11) is 3.63. The lowest BCUT2D eigenvalue weighted by Gasteiger charge is -2.33. The van der Waals surface area contributed by atoms with E-state index < -0.39 is 5.54 Å². The van der Waals surface area contributed by atoms with E-state index in [1.807, 2.05) is 14.0 Å². The van der Waals surface area contributed by atoms with Crippen molar-refractivity contribution >= 4 is 5.97 Å². The van der Waals surface area contributed by atoms with Gasteiger partial charge in [0, 0.05) is 6.54 Å². The van der Waals surface area contributed by atoms with Gasteiger partial charge in [-0.3, -0.25) is 4.79 Å². The van der Waals surface area contributed by atoms with Crippen LogP contribution in [0, 0.1) is 5.41 Å². The second kappa shape index (κ2) is 6.21. The van der Waals surface area contributed by atoms with Crippen molar-refractivity contribution in [3.8, 4) is 0 Å². The molecule has 0 aliphatic carbocycles. The van der Waals surface area contributed by atoms with Crippen LogP contribution in [0.2, 0.25) is 0 Å². The first-order chi connectivity index (χ1) is 7.25. The van der Waals surface area contributed by atoms with Gasteiger partial charge in [-0.25, -0.2) is 0 Å². The fraction of sp³-hybridized carbons (Fsp3) is 0.917. The minimum Gasteiger partial charge on any atom is -0.463 e. The number of hydrogen-bond donors (Lipinski definition) is 2. The Balaban J connectivity index is 4.38. The van der Waals surface area contributed by atoms with E-state index in [0.29, 0.717) is 13.2 Å². The van der Waals surface area contributed by atoms with Crippen molar-refractivity contribution in [3.05, 3.63) is 0 Å². The molecule has 0 rings (SSSR count). The van der Waals surface area contributed by atoms with Gasteiger partial charge in [-0.2, -0.15) is 0 Å². The molecule has 0 saturated heterocycles. The molecule has 0 aliphatic heterocycles. The molecule has 0 amide bonds. The van der Waals surface area contributed by atoms with E-state index in [9.17, 15) is 4.79 Å². The predicted octanol–water partition coefficient (Wildman–Crippen LogP) is 1.16. The maximum absolute atomic E-state index is 11.9. The molecule has 4 nitrogen and oxygen atoms in total. The minimum absolute atomic E-state index is 0.0831. The highest BCUT2D eigenvalue weighted by molar-refractivity contribution is 5.80. The lowest BCUT2D eigenvalue weighted by molar-refractivity contribution is -0.152. The van der Waals surface area contributed by atoms with Gasteiger partial charge >= 0.3 is 5.97 Å². The zero-order chi connectivity index (χ0) is 12.8. The summed E-state index contributed by atoms with van der Waals surface area (Å²) in [6.07, 6.45) is 0.745. The first-order valence-electron chi connectivity index (χ1n) is 5.76. The van der Waals surface area contributed by atoms with Gasteiger partial charge in [-0.05, 0) is 32.9 Å². The number of esters is 1. The van der Waals surface area contributed by atoms with Gasteiger partial charge < -0.3 is 15.4 Å². The molecule has 0 aliphatic rings. The molecular formula is C12H26N2O2. The maximum atomic E-state index is 11.9. The number of likely N-dealkylation sites (N-methyl/N-ethyl adjacent to an activating group) is 2. The van der Waals surface area contributed by atoms with Crippen molar-refractivity contribution < 1.29 is 9.53 Å². The maximum Gasteiger partial charge on any atom is 0.326 e. The molecule has 0 aromatic rings. The van der Waals surface area contributed by atoms with E-state index in [2.05, 4.69) is 31.4 Å². The van der Waals surface area contributed by atoms with E-state index in [-0.39, 0.29) is 11.4 Å². The smallest absolute Gasteiger partial charge is 0.326 e. The zero-order valence-electron chi connectivity index (χ0n) is 11.4. The summed E-state index contributed by atoms with van der Waals surface area (Å²) in [6.45, 7) is 9.33. The van der Waals surface area contributed by atoms with Crippen molar-refractivity contribution in [2.45, 2.75) is 39.7 Å². The molecule has 0 heterocycles. The lowest BCUT2D eigenvalue weighted by Crippen LogP contribution is -2.51. The SMILES string of the molecule is CNCCOC(=O)C(C)(CC(C)(C)C)NC. The summed E-state index contributed by atoms with van der Waals surface area (Å²) in [6, 6.07) is 0. The lowest BCUT2D eigenvalue weighted by atomic mass is 9.81. The van der Waals surface area contributed by atoms with Gasteiger partial charge in [-0.1, -0.05) is 20.8 Å². The summed E-state index contributed by atoms with van der Waals surface area (Å²) in [4.78, 5) is 11.9. The average molecular weight is 230 g/mol. The monoisotopic (exact) mass is 230 g/mol. The van der Waals surface area contributed by atoms with Crippen LogP contribution in [0.4, 0.5) is 0 Å². The summed E-state index contributed by atoms with van der Waals surface area (Å²) >= 11 is 0. The first-order valence-corrected chi connectivity index (χ1v) is 5.76. The topological polar surface area (TPSA) is 50.4 Å². The molecule has 1 unspecified atom stereocenters. The Morgan fingerprint density at radius 3 is 2.12 bits per heavy atom. The highest BCUT2D eigenvalue weighted by Crippen LogP contribution is 2.27. The normalized spacial score (nSPS) is 15.6. The van der Waals surface area contributed by atoms with Crippen molar-refractivity contribution in [2.75, 3.05) is 27.2 Å². The molecule has 0 radical (unpaired) electrons. The summed E-state index contributed by atoms with van der Waals surface area (Å²) in [5.41, 5.74) is -0.522. The number of hydrogen-bond acceptors (Lipinski definition) is 4. The molecule has 1 atom stereocenters. The molecule has 0 bridgehead atoms. The van der Waals surface area contributed by atoms with E-state index >= 15 is 0 Å². The van der Waals surface area contributed by atoms with Crippen LogP contribution in [0.3, 0.4) is 0 Å². The van der Waals surface area contributed by atoms with Crippen molar-refractivity contribution in [3.63, 3.8) is 0 Å². The number of ether oxygens (including phenoxy) is 1. The standard InChI is InChI=1S/C12H26N2O2/c1-11(2,3)9-12(4,14-6)10(15)16-8-7-13-5/h13-14H,7-9H2,1-6H3. The predicted molar refractivity (Wildman–Crippen MR) is 66.4 cm³/mol. The molecule has 96 valence electrons. The number of nitrogens with one attached hydrogen (secondary N) is 2. The third-order valence-electron chi connectivity index (χ3n) is 2.47. The minimum atomic E-state index is -0.605. The quantitative estimate of drug-likeness (QED) is 0.531. The Morgan fingerprint density at radius 1 is 1.19 bits per heavy atom. The van der Waals surface area contributed by atoms with Crippen molar-refractivity contribution in [1.82, 2.24) is 10.6 Å². The first kappa shape index (κ1) is 15.4. The molecule has 2 N–H and O–H groups in total. The molecule has 16 heavy (non-hydrogen) atoms. The van der Waals surface area contributed by atoms with E-state index in [1.54, 1.807) is 7.05 Å². The van der Waals surface area contributed by atoms with Crippen LogP contribution in [0.5, 0.6) is 0 Å². The van der Waals surface area contributed by atoms with Crippen LogP contribution in [0.15, 0.2) is 0 Å². The van der Waals surface area contributed by atoms with Gasteiger partial charge in [0.1, 0.15) is 12.1 Å². The second-order valence-corrected chi connectivity index (χ2v) is 5.56.